The van der Waals surface area contributed by atoms with Gasteiger partial charge in [-0.05, 0) is 47.5 Å². The summed E-state index contributed by atoms with van der Waals surface area (Å²) in [5, 5.41) is 0. The zero-order valence-corrected chi connectivity index (χ0v) is 17.3. The molecule has 0 radical (unpaired) electrons. The topological polar surface area (TPSA) is 39.9 Å². The summed E-state index contributed by atoms with van der Waals surface area (Å²) >= 11 is 0. The number of nitrogens with zero attached hydrogens (tertiary/aromatic N) is 3. The van der Waals surface area contributed by atoms with Crippen LogP contribution in [0.15, 0.2) is 85.2 Å². The van der Waals surface area contributed by atoms with Crippen molar-refractivity contribution in [2.75, 3.05) is 7.11 Å². The molecular weight excluding hydrogens is 408 g/mol. The van der Waals surface area contributed by atoms with Crippen molar-refractivity contribution in [3.63, 3.8) is 0 Å². The molecule has 0 amide bonds. The average molecular weight is 427 g/mol. The molecule has 32 heavy (non-hydrogen) atoms. The minimum Gasteiger partial charge on any atom is -0.497 e. The van der Waals surface area contributed by atoms with E-state index in [4.69, 9.17) is 4.74 Å². The van der Waals surface area contributed by atoms with Crippen molar-refractivity contribution in [1.29, 1.82) is 0 Å². The van der Waals surface area contributed by atoms with Gasteiger partial charge in [-0.2, -0.15) is 0 Å². The number of benzene rings is 3. The van der Waals surface area contributed by atoms with E-state index < -0.39 is 0 Å². The van der Waals surface area contributed by atoms with Crippen LogP contribution in [0.2, 0.25) is 0 Å². The number of hydrogen-bond acceptors (Lipinski definition) is 3. The largest absolute Gasteiger partial charge is 0.497 e. The Morgan fingerprint density at radius 1 is 0.812 bits per heavy atom. The van der Waals surface area contributed by atoms with Crippen LogP contribution in [-0.4, -0.2) is 21.6 Å². The van der Waals surface area contributed by atoms with E-state index in [1.165, 1.54) is 12.1 Å². The number of fused-ring (bicyclic) bond motifs is 1. The molecule has 0 saturated heterocycles. The van der Waals surface area contributed by atoms with Crippen molar-refractivity contribution in [3.05, 3.63) is 102 Å². The second-order valence-corrected chi connectivity index (χ2v) is 7.45. The van der Waals surface area contributed by atoms with Crippen LogP contribution in [-0.2, 0) is 6.54 Å². The molecule has 0 saturated carbocycles. The van der Waals surface area contributed by atoms with Crippen molar-refractivity contribution in [2.45, 2.75) is 6.54 Å². The molecule has 0 unspecified atom stereocenters. The SMILES string of the molecule is COc1ccc(-c2ccc(Cn3ccc4nc(-c5ccccc5F)nc-4c3)c(F)c2)cc1. The van der Waals surface area contributed by atoms with Crippen molar-refractivity contribution in [2.24, 2.45) is 0 Å². The lowest BCUT2D eigenvalue weighted by atomic mass is 10.0. The van der Waals surface area contributed by atoms with E-state index in [2.05, 4.69) is 9.97 Å². The molecule has 3 aromatic carbocycles. The third-order valence-corrected chi connectivity index (χ3v) is 5.37. The van der Waals surface area contributed by atoms with Crippen LogP contribution in [0.1, 0.15) is 5.56 Å². The highest BCUT2D eigenvalue weighted by Gasteiger charge is 2.15. The third kappa shape index (κ3) is 3.83. The molecule has 0 bridgehead atoms. The minimum absolute atomic E-state index is 0.286. The Kier molecular flexibility index (Phi) is 5.11. The van der Waals surface area contributed by atoms with Crippen molar-refractivity contribution in [3.8, 4) is 39.7 Å². The summed E-state index contributed by atoms with van der Waals surface area (Å²) in [4.78, 5) is 8.88. The highest BCUT2D eigenvalue weighted by molar-refractivity contribution is 5.66. The fourth-order valence-corrected chi connectivity index (χ4v) is 3.65. The molecule has 0 atom stereocenters. The molecule has 0 spiro atoms. The van der Waals surface area contributed by atoms with Gasteiger partial charge in [-0.1, -0.05) is 36.4 Å². The molecule has 5 rings (SSSR count). The molecule has 3 aromatic rings. The predicted octanol–water partition coefficient (Wildman–Crippen LogP) is 6.05. The van der Waals surface area contributed by atoms with Gasteiger partial charge in [-0.3, -0.25) is 0 Å². The normalized spacial score (nSPS) is 11.1. The Balaban J connectivity index is 1.40. The standard InChI is InChI=1S/C26H19F2N3O/c1-32-20-10-8-17(9-11-20)18-6-7-19(23(28)14-18)15-31-13-12-24-25(16-31)30-26(29-24)21-4-2-3-5-22(21)27/h2-14,16H,15H2,1H3. The average Bonchev–Trinajstić information content (AvgIpc) is 3.24. The quantitative estimate of drug-likeness (QED) is 0.343. The number of methoxy groups -OCH3 is 1. The summed E-state index contributed by atoms with van der Waals surface area (Å²) in [6.07, 6.45) is 3.61. The molecule has 0 aromatic heterocycles. The first-order valence-corrected chi connectivity index (χ1v) is 10.1. The first kappa shape index (κ1) is 19.9. The van der Waals surface area contributed by atoms with Crippen molar-refractivity contribution >= 4 is 0 Å². The monoisotopic (exact) mass is 427 g/mol. The summed E-state index contributed by atoms with van der Waals surface area (Å²) in [6, 6.07) is 20.9. The van der Waals surface area contributed by atoms with Gasteiger partial charge in [0.25, 0.3) is 0 Å². The van der Waals surface area contributed by atoms with E-state index in [9.17, 15) is 8.78 Å². The number of aromatic nitrogens is 3. The number of halogens is 2. The Bertz CT molecular complexity index is 1360. The Morgan fingerprint density at radius 3 is 2.31 bits per heavy atom. The lowest BCUT2D eigenvalue weighted by Gasteiger charge is -2.11. The van der Waals surface area contributed by atoms with Gasteiger partial charge >= 0.3 is 0 Å². The van der Waals surface area contributed by atoms with Gasteiger partial charge in [0, 0.05) is 24.5 Å². The molecule has 2 aliphatic heterocycles. The number of rotatable bonds is 5. The second kappa shape index (κ2) is 8.23. The maximum absolute atomic E-state index is 14.8. The Labute approximate surface area is 184 Å². The Hall–Kier alpha value is -4.06. The molecule has 4 nitrogen and oxygen atoms in total. The summed E-state index contributed by atoms with van der Waals surface area (Å²) < 4.78 is 35.9. The van der Waals surface area contributed by atoms with Crippen LogP contribution in [0.25, 0.3) is 33.9 Å². The van der Waals surface area contributed by atoms with E-state index in [-0.39, 0.29) is 11.6 Å². The molecular formula is C26H19F2N3O. The second-order valence-electron chi connectivity index (χ2n) is 7.45. The molecule has 0 fully saturated rings. The molecule has 2 aliphatic rings. The first-order valence-electron chi connectivity index (χ1n) is 10.1. The molecule has 6 heteroatoms. The van der Waals surface area contributed by atoms with Crippen molar-refractivity contribution in [1.82, 2.24) is 14.5 Å². The van der Waals surface area contributed by atoms with E-state index in [1.54, 1.807) is 43.6 Å². The third-order valence-electron chi connectivity index (χ3n) is 5.37. The smallest absolute Gasteiger partial charge is 0.163 e. The van der Waals surface area contributed by atoms with Crippen LogP contribution in [0.5, 0.6) is 5.75 Å². The van der Waals surface area contributed by atoms with E-state index in [0.29, 0.717) is 34.9 Å². The summed E-state index contributed by atoms with van der Waals surface area (Å²) in [6.45, 7) is 0.340. The molecule has 158 valence electrons. The zero-order valence-electron chi connectivity index (χ0n) is 17.3. The number of pyridine rings is 1. The van der Waals surface area contributed by atoms with E-state index in [0.717, 1.165) is 16.9 Å². The molecule has 0 N–H and O–H groups in total. The highest BCUT2D eigenvalue weighted by atomic mass is 19.1. The van der Waals surface area contributed by atoms with Crippen molar-refractivity contribution < 1.29 is 13.5 Å². The van der Waals surface area contributed by atoms with Gasteiger partial charge in [0.1, 0.15) is 23.1 Å². The van der Waals surface area contributed by atoms with Gasteiger partial charge in [-0.25, -0.2) is 18.7 Å². The van der Waals surface area contributed by atoms with Crippen LogP contribution < -0.4 is 4.74 Å². The lowest BCUT2D eigenvalue weighted by molar-refractivity contribution is 0.415. The lowest BCUT2D eigenvalue weighted by Crippen LogP contribution is -2.03. The van der Waals surface area contributed by atoms with Crippen LogP contribution >= 0.6 is 0 Å². The first-order chi connectivity index (χ1) is 15.6. The maximum Gasteiger partial charge on any atom is 0.163 e. The zero-order chi connectivity index (χ0) is 22.1. The van der Waals surface area contributed by atoms with Crippen LogP contribution in [0.4, 0.5) is 8.78 Å². The van der Waals surface area contributed by atoms with E-state index >= 15 is 0 Å². The fourth-order valence-electron chi connectivity index (χ4n) is 3.65. The summed E-state index contributed by atoms with van der Waals surface area (Å²) in [5.41, 5.74) is 3.91. The van der Waals surface area contributed by atoms with E-state index in [1.807, 2.05) is 41.1 Å². The van der Waals surface area contributed by atoms with Gasteiger partial charge < -0.3 is 9.30 Å². The maximum atomic E-state index is 14.8. The summed E-state index contributed by atoms with van der Waals surface area (Å²) in [7, 11) is 1.61. The predicted molar refractivity (Wildman–Crippen MR) is 120 cm³/mol. The fraction of sp³-hybridized carbons (Fsp3) is 0.0769. The Morgan fingerprint density at radius 2 is 1.56 bits per heavy atom. The van der Waals surface area contributed by atoms with Crippen LogP contribution in [0, 0.1) is 11.6 Å². The number of imidazole rings is 1. The minimum atomic E-state index is -0.366. The van der Waals surface area contributed by atoms with Gasteiger partial charge in [0.2, 0.25) is 0 Å². The summed E-state index contributed by atoms with van der Waals surface area (Å²) in [5.74, 6) is 0.443. The number of hydrogen-bond donors (Lipinski definition) is 0. The van der Waals surface area contributed by atoms with Gasteiger partial charge in [0.05, 0.1) is 18.4 Å². The highest BCUT2D eigenvalue weighted by Crippen LogP contribution is 2.27. The van der Waals surface area contributed by atoms with Crippen LogP contribution in [0.3, 0.4) is 0 Å². The van der Waals surface area contributed by atoms with Gasteiger partial charge in [-0.15, -0.1) is 0 Å². The van der Waals surface area contributed by atoms with Gasteiger partial charge in [0.15, 0.2) is 5.82 Å². The molecule has 0 aliphatic carbocycles. The molecule has 2 heterocycles. The number of ether oxygens (including phenoxy) is 1.